The van der Waals surface area contributed by atoms with Gasteiger partial charge in [-0.05, 0) is 75.2 Å². The molecule has 0 saturated heterocycles. The Bertz CT molecular complexity index is 1520. The third-order valence-electron chi connectivity index (χ3n) is 6.05. The number of hydrogen-bond acceptors (Lipinski definition) is 6. The lowest BCUT2D eigenvalue weighted by Crippen LogP contribution is -2.45. The van der Waals surface area contributed by atoms with Crippen LogP contribution >= 0.6 is 23.2 Å². The van der Waals surface area contributed by atoms with E-state index in [1.54, 1.807) is 41.3 Å². The van der Waals surface area contributed by atoms with Gasteiger partial charge < -0.3 is 20.5 Å². The largest absolute Gasteiger partial charge is 0.488 e. The number of carbonyl (C=O) groups is 2. The average Bonchev–Trinajstić information content (AvgIpc) is 3.37. The van der Waals surface area contributed by atoms with Crippen molar-refractivity contribution in [3.05, 3.63) is 88.7 Å². The predicted molar refractivity (Wildman–Crippen MR) is 163 cm³/mol. The fraction of sp³-hybridized carbons (Fsp3) is 0.290. The smallest absolute Gasteiger partial charge is 0.240 e. The van der Waals surface area contributed by atoms with Crippen molar-refractivity contribution >= 4 is 35.0 Å². The fourth-order valence-electron chi connectivity index (χ4n) is 4.11. The van der Waals surface area contributed by atoms with E-state index in [9.17, 15) is 9.59 Å². The van der Waals surface area contributed by atoms with Gasteiger partial charge in [0.05, 0.1) is 28.0 Å². The number of ether oxygens (including phenoxy) is 2. The summed E-state index contributed by atoms with van der Waals surface area (Å²) < 4.78 is 13.5. The number of pyridine rings is 1. The summed E-state index contributed by atoms with van der Waals surface area (Å²) in [6.45, 7) is 6.13. The number of hydrogen-bond donors (Lipinski definition) is 2. The molecule has 0 radical (unpaired) electrons. The molecule has 0 bridgehead atoms. The van der Waals surface area contributed by atoms with Crippen LogP contribution < -0.4 is 20.5 Å². The van der Waals surface area contributed by atoms with E-state index in [2.05, 4.69) is 15.4 Å². The zero-order valence-electron chi connectivity index (χ0n) is 23.6. The maximum atomic E-state index is 12.7. The molecule has 9 nitrogen and oxygen atoms in total. The van der Waals surface area contributed by atoms with E-state index < -0.39 is 11.9 Å². The van der Waals surface area contributed by atoms with Crippen molar-refractivity contribution in [2.24, 2.45) is 5.73 Å². The molecule has 0 fully saturated rings. The molecule has 0 saturated carbocycles. The minimum absolute atomic E-state index is 0.137. The van der Waals surface area contributed by atoms with Crippen LogP contribution in [0.1, 0.15) is 39.2 Å². The SMILES string of the molecule is CC(C)(C)Oc1ccc(C[C@H](NC(=O)CCCOc2cc(-c3cccnc3)nn2-c2ccc(Cl)c(Cl)c2)C(N)=O)cc1. The molecule has 0 unspecified atom stereocenters. The third-order valence-corrected chi connectivity index (χ3v) is 6.78. The lowest BCUT2D eigenvalue weighted by molar-refractivity contribution is -0.127. The quantitative estimate of drug-likeness (QED) is 0.196. The maximum Gasteiger partial charge on any atom is 0.240 e. The molecular weight excluding hydrogens is 577 g/mol. The molecule has 4 aromatic rings. The highest BCUT2D eigenvalue weighted by Gasteiger charge is 2.20. The number of primary amides is 1. The first-order chi connectivity index (χ1) is 20.0. The molecule has 2 aromatic carbocycles. The van der Waals surface area contributed by atoms with Crippen LogP contribution in [0.15, 0.2) is 73.1 Å². The van der Waals surface area contributed by atoms with Gasteiger partial charge in [-0.1, -0.05) is 35.3 Å². The maximum absolute atomic E-state index is 12.7. The summed E-state index contributed by atoms with van der Waals surface area (Å²) >= 11 is 12.3. The van der Waals surface area contributed by atoms with Crippen LogP contribution in [0.4, 0.5) is 0 Å². The molecule has 0 aliphatic rings. The Balaban J connectivity index is 1.35. The van der Waals surface area contributed by atoms with E-state index in [1.807, 2.05) is 57.2 Å². The van der Waals surface area contributed by atoms with Gasteiger partial charge in [-0.2, -0.15) is 5.10 Å². The first kappa shape index (κ1) is 30.9. The Morgan fingerprint density at radius 1 is 1.05 bits per heavy atom. The van der Waals surface area contributed by atoms with Crippen LogP contribution in [-0.4, -0.2) is 44.8 Å². The molecule has 0 aliphatic heterocycles. The minimum Gasteiger partial charge on any atom is -0.488 e. The second-order valence-corrected chi connectivity index (χ2v) is 11.5. The van der Waals surface area contributed by atoms with Crippen molar-refractivity contribution in [3.8, 4) is 28.6 Å². The Morgan fingerprint density at radius 3 is 2.45 bits per heavy atom. The molecule has 2 aromatic heterocycles. The summed E-state index contributed by atoms with van der Waals surface area (Å²) in [5.74, 6) is 0.271. The Kier molecular flexibility index (Phi) is 10.1. The number of nitrogens with two attached hydrogens (primary N) is 1. The van der Waals surface area contributed by atoms with Gasteiger partial charge in [0.2, 0.25) is 17.7 Å². The van der Waals surface area contributed by atoms with Gasteiger partial charge in [-0.15, -0.1) is 0 Å². The van der Waals surface area contributed by atoms with Gasteiger partial charge in [-0.3, -0.25) is 14.6 Å². The molecule has 3 N–H and O–H groups in total. The lowest BCUT2D eigenvalue weighted by atomic mass is 10.0. The Morgan fingerprint density at radius 2 is 1.81 bits per heavy atom. The number of rotatable bonds is 12. The highest BCUT2D eigenvalue weighted by Crippen LogP contribution is 2.30. The summed E-state index contributed by atoms with van der Waals surface area (Å²) in [6, 6.07) is 17.2. The predicted octanol–water partition coefficient (Wildman–Crippen LogP) is 5.79. The van der Waals surface area contributed by atoms with Crippen molar-refractivity contribution < 1.29 is 19.1 Å². The summed E-state index contributed by atoms with van der Waals surface area (Å²) in [6.07, 6.45) is 4.19. The zero-order chi connectivity index (χ0) is 30.3. The molecule has 11 heteroatoms. The number of nitrogens with one attached hydrogen (secondary N) is 1. The van der Waals surface area contributed by atoms with E-state index >= 15 is 0 Å². The van der Waals surface area contributed by atoms with Gasteiger partial charge in [-0.25, -0.2) is 4.68 Å². The molecule has 4 rings (SSSR count). The molecule has 1 atom stereocenters. The number of halogens is 2. The number of aromatic nitrogens is 3. The summed E-state index contributed by atoms with van der Waals surface area (Å²) in [4.78, 5) is 28.9. The van der Waals surface area contributed by atoms with Crippen LogP contribution in [0.3, 0.4) is 0 Å². The van der Waals surface area contributed by atoms with Crippen molar-refractivity contribution in [3.63, 3.8) is 0 Å². The number of carbonyl (C=O) groups excluding carboxylic acids is 2. The Labute approximate surface area is 254 Å². The minimum atomic E-state index is -0.842. The molecule has 0 spiro atoms. The van der Waals surface area contributed by atoms with Gasteiger partial charge in [0.1, 0.15) is 17.4 Å². The molecule has 220 valence electrons. The highest BCUT2D eigenvalue weighted by molar-refractivity contribution is 6.42. The molecule has 0 aliphatic carbocycles. The first-order valence-corrected chi connectivity index (χ1v) is 14.2. The van der Waals surface area contributed by atoms with Gasteiger partial charge >= 0.3 is 0 Å². The second kappa shape index (κ2) is 13.7. The molecular formula is C31H33Cl2N5O4. The van der Waals surface area contributed by atoms with Crippen LogP contribution in [0, 0.1) is 0 Å². The monoisotopic (exact) mass is 609 g/mol. The van der Waals surface area contributed by atoms with Crippen molar-refractivity contribution in [1.82, 2.24) is 20.1 Å². The first-order valence-electron chi connectivity index (χ1n) is 13.4. The van der Waals surface area contributed by atoms with Gasteiger partial charge in [0, 0.05) is 36.9 Å². The fourth-order valence-corrected chi connectivity index (χ4v) is 4.40. The molecule has 42 heavy (non-hydrogen) atoms. The Hall–Kier alpha value is -4.08. The number of benzene rings is 2. The van der Waals surface area contributed by atoms with Crippen LogP contribution in [0.25, 0.3) is 16.9 Å². The molecule has 2 amide bonds. The zero-order valence-corrected chi connectivity index (χ0v) is 25.2. The van der Waals surface area contributed by atoms with Gasteiger partial charge in [0.15, 0.2) is 0 Å². The standard InChI is InChI=1S/C31H33Cl2N5O4/c1-31(2,3)42-23-11-8-20(9-12-23)16-27(30(34)40)36-28(39)7-5-15-41-29-18-26(21-6-4-14-35-19-21)37-38(29)22-10-13-24(32)25(33)17-22/h4,6,8-14,17-19,27H,5,7,15-16H2,1-3H3,(H2,34,40)(H,36,39)/t27-/m0/s1. The van der Waals surface area contributed by atoms with Crippen molar-refractivity contribution in [1.29, 1.82) is 0 Å². The summed E-state index contributed by atoms with van der Waals surface area (Å²) in [5.41, 5.74) is 8.25. The number of nitrogens with zero attached hydrogens (tertiary/aromatic N) is 3. The lowest BCUT2D eigenvalue weighted by Gasteiger charge is -2.21. The van der Waals surface area contributed by atoms with Crippen molar-refractivity contribution in [2.45, 2.75) is 51.7 Å². The highest BCUT2D eigenvalue weighted by atomic mass is 35.5. The van der Waals surface area contributed by atoms with E-state index in [-0.39, 0.29) is 31.0 Å². The average molecular weight is 611 g/mol. The normalized spacial score (nSPS) is 12.0. The van der Waals surface area contributed by atoms with E-state index in [0.717, 1.165) is 16.9 Å². The van der Waals surface area contributed by atoms with Crippen LogP contribution in [0.5, 0.6) is 11.6 Å². The summed E-state index contributed by atoms with van der Waals surface area (Å²) in [5, 5.41) is 8.22. The summed E-state index contributed by atoms with van der Waals surface area (Å²) in [7, 11) is 0. The molecule has 2 heterocycles. The topological polar surface area (TPSA) is 121 Å². The second-order valence-electron chi connectivity index (χ2n) is 10.7. The van der Waals surface area contributed by atoms with E-state index in [1.165, 1.54) is 0 Å². The van der Waals surface area contributed by atoms with Crippen molar-refractivity contribution in [2.75, 3.05) is 6.61 Å². The van der Waals surface area contributed by atoms with Crippen LogP contribution in [-0.2, 0) is 16.0 Å². The van der Waals surface area contributed by atoms with E-state index in [0.29, 0.717) is 33.7 Å². The number of amides is 2. The van der Waals surface area contributed by atoms with E-state index in [4.69, 9.17) is 38.4 Å². The third kappa shape index (κ3) is 8.71. The van der Waals surface area contributed by atoms with Gasteiger partial charge in [0.25, 0.3) is 0 Å². The van der Waals surface area contributed by atoms with Crippen LogP contribution in [0.2, 0.25) is 10.0 Å².